The van der Waals surface area contributed by atoms with Gasteiger partial charge in [0.1, 0.15) is 4.21 Å². The summed E-state index contributed by atoms with van der Waals surface area (Å²) in [6.45, 7) is 0. The van der Waals surface area contributed by atoms with Crippen LogP contribution in [0.25, 0.3) is 0 Å². The Labute approximate surface area is 154 Å². The van der Waals surface area contributed by atoms with E-state index in [1.807, 2.05) is 24.5 Å². The summed E-state index contributed by atoms with van der Waals surface area (Å²) in [5.41, 5.74) is 0.678. The smallest absolute Gasteiger partial charge is 0.265 e. The van der Waals surface area contributed by atoms with Crippen LogP contribution in [0.2, 0.25) is 0 Å². The fraction of sp³-hybridized carbons (Fsp3) is 0.0556. The minimum Gasteiger partial charge on any atom is -0.321 e. The summed E-state index contributed by atoms with van der Waals surface area (Å²) in [5.74, 6) is -0.322. The van der Waals surface area contributed by atoms with Gasteiger partial charge in [-0.15, -0.1) is 23.1 Å². The molecule has 0 aliphatic heterocycles. The van der Waals surface area contributed by atoms with Crippen LogP contribution < -0.4 is 5.32 Å². The number of thioether (sulfide) groups is 1. The Balaban J connectivity index is 1.82. The highest BCUT2D eigenvalue weighted by molar-refractivity contribution is 7.98. The number of benzene rings is 2. The number of sulfone groups is 1. The van der Waals surface area contributed by atoms with Crippen molar-refractivity contribution in [2.24, 2.45) is 0 Å². The average molecular weight is 390 g/mol. The van der Waals surface area contributed by atoms with Crippen molar-refractivity contribution in [2.75, 3.05) is 11.6 Å². The normalized spacial score (nSPS) is 11.2. The van der Waals surface area contributed by atoms with Crippen molar-refractivity contribution in [3.63, 3.8) is 0 Å². The summed E-state index contributed by atoms with van der Waals surface area (Å²) in [5, 5.41) is 2.80. The fourth-order valence-corrected chi connectivity index (χ4v) is 5.28. The molecule has 0 aliphatic rings. The molecule has 1 heterocycles. The molecule has 3 rings (SSSR count). The molecule has 0 bridgehead atoms. The van der Waals surface area contributed by atoms with Crippen molar-refractivity contribution in [3.05, 3.63) is 71.6 Å². The van der Waals surface area contributed by atoms with Gasteiger partial charge >= 0.3 is 0 Å². The van der Waals surface area contributed by atoms with Crippen molar-refractivity contribution in [2.45, 2.75) is 14.0 Å². The Bertz CT molecular complexity index is 995. The van der Waals surface area contributed by atoms with Crippen LogP contribution >= 0.6 is 23.1 Å². The van der Waals surface area contributed by atoms with E-state index in [0.29, 0.717) is 10.6 Å². The third-order valence-corrected chi connectivity index (χ3v) is 7.52. The molecule has 0 saturated carbocycles. The number of thiophene rings is 1. The fourth-order valence-electron chi connectivity index (χ4n) is 2.20. The SMILES string of the molecule is CSc1cccc(NC(=O)c2ccc(S(=O)(=O)c3ccccc3)s2)c1. The van der Waals surface area contributed by atoms with E-state index in [1.165, 1.54) is 12.1 Å². The van der Waals surface area contributed by atoms with Gasteiger partial charge in [0, 0.05) is 10.6 Å². The maximum absolute atomic E-state index is 12.6. The number of nitrogens with one attached hydrogen (secondary N) is 1. The predicted octanol–water partition coefficient (Wildman–Crippen LogP) is 4.56. The molecule has 0 fully saturated rings. The lowest BCUT2D eigenvalue weighted by Gasteiger charge is -2.05. The molecule has 25 heavy (non-hydrogen) atoms. The van der Waals surface area contributed by atoms with E-state index in [1.54, 1.807) is 48.2 Å². The predicted molar refractivity (Wildman–Crippen MR) is 102 cm³/mol. The van der Waals surface area contributed by atoms with Crippen molar-refractivity contribution >= 4 is 44.5 Å². The number of amides is 1. The largest absolute Gasteiger partial charge is 0.321 e. The Kier molecular flexibility index (Phi) is 5.27. The average Bonchev–Trinajstić information content (AvgIpc) is 3.14. The molecule has 0 saturated heterocycles. The number of hydrogen-bond donors (Lipinski definition) is 1. The zero-order chi connectivity index (χ0) is 17.9. The minimum atomic E-state index is -3.60. The van der Waals surface area contributed by atoms with Gasteiger partial charge < -0.3 is 5.32 Å². The first-order valence-corrected chi connectivity index (χ1v) is 10.9. The van der Waals surface area contributed by atoms with E-state index in [4.69, 9.17) is 0 Å². The zero-order valence-electron chi connectivity index (χ0n) is 13.3. The van der Waals surface area contributed by atoms with Gasteiger partial charge in [-0.05, 0) is 48.7 Å². The highest BCUT2D eigenvalue weighted by Gasteiger charge is 2.21. The maximum Gasteiger partial charge on any atom is 0.265 e. The summed E-state index contributed by atoms with van der Waals surface area (Å²) >= 11 is 2.55. The number of hydrogen-bond acceptors (Lipinski definition) is 5. The monoisotopic (exact) mass is 389 g/mol. The van der Waals surface area contributed by atoms with Crippen LogP contribution in [0.3, 0.4) is 0 Å². The highest BCUT2D eigenvalue weighted by atomic mass is 32.2. The van der Waals surface area contributed by atoms with Gasteiger partial charge in [-0.3, -0.25) is 4.79 Å². The van der Waals surface area contributed by atoms with Crippen molar-refractivity contribution < 1.29 is 13.2 Å². The standard InChI is InChI=1S/C18H15NO3S3/c1-23-14-7-5-6-13(12-14)19-18(20)16-10-11-17(24-16)25(21,22)15-8-3-2-4-9-15/h2-12H,1H3,(H,19,20). The molecule has 0 radical (unpaired) electrons. The Morgan fingerprint density at radius 3 is 2.48 bits per heavy atom. The molecule has 0 aliphatic carbocycles. The van der Waals surface area contributed by atoms with Crippen LogP contribution in [-0.2, 0) is 9.84 Å². The first kappa shape index (κ1) is 17.7. The van der Waals surface area contributed by atoms with Gasteiger partial charge in [0.25, 0.3) is 5.91 Å². The van der Waals surface area contributed by atoms with E-state index < -0.39 is 9.84 Å². The van der Waals surface area contributed by atoms with Gasteiger partial charge in [-0.2, -0.15) is 0 Å². The third kappa shape index (κ3) is 3.95. The van der Waals surface area contributed by atoms with Gasteiger partial charge in [0.05, 0.1) is 9.77 Å². The minimum absolute atomic E-state index is 0.154. The Morgan fingerprint density at radius 1 is 1.00 bits per heavy atom. The van der Waals surface area contributed by atoms with Crippen molar-refractivity contribution in [1.82, 2.24) is 0 Å². The summed E-state index contributed by atoms with van der Waals surface area (Å²) in [6.07, 6.45) is 1.96. The number of carbonyl (C=O) groups is 1. The van der Waals surface area contributed by atoms with Crippen LogP contribution in [0.5, 0.6) is 0 Å². The van der Waals surface area contributed by atoms with Crippen LogP contribution in [0.1, 0.15) is 9.67 Å². The molecule has 0 spiro atoms. The molecule has 0 unspecified atom stereocenters. The molecule has 7 heteroatoms. The first-order valence-electron chi connectivity index (χ1n) is 7.36. The summed E-state index contributed by atoms with van der Waals surface area (Å²) in [7, 11) is -3.60. The molecule has 4 nitrogen and oxygen atoms in total. The molecular formula is C18H15NO3S3. The lowest BCUT2D eigenvalue weighted by molar-refractivity contribution is 0.103. The first-order chi connectivity index (χ1) is 12.0. The lowest BCUT2D eigenvalue weighted by Crippen LogP contribution is -2.10. The lowest BCUT2D eigenvalue weighted by atomic mass is 10.3. The summed E-state index contributed by atoms with van der Waals surface area (Å²) < 4.78 is 25.3. The van der Waals surface area contributed by atoms with E-state index in [0.717, 1.165) is 16.2 Å². The van der Waals surface area contributed by atoms with Gasteiger partial charge in [-0.25, -0.2) is 8.42 Å². The number of rotatable bonds is 5. The molecule has 1 N–H and O–H groups in total. The van der Waals surface area contributed by atoms with Gasteiger partial charge in [0.15, 0.2) is 0 Å². The summed E-state index contributed by atoms with van der Waals surface area (Å²) in [6, 6.07) is 18.7. The molecule has 0 atom stereocenters. The van der Waals surface area contributed by atoms with Crippen LogP contribution in [-0.4, -0.2) is 20.6 Å². The van der Waals surface area contributed by atoms with Crippen LogP contribution in [0, 0.1) is 0 Å². The Hall–Kier alpha value is -2.09. The second-order valence-electron chi connectivity index (χ2n) is 5.12. The topological polar surface area (TPSA) is 63.2 Å². The van der Waals surface area contributed by atoms with Crippen molar-refractivity contribution in [3.8, 4) is 0 Å². The molecular weight excluding hydrogens is 374 g/mol. The third-order valence-electron chi connectivity index (χ3n) is 3.45. The van der Waals surface area contributed by atoms with Gasteiger partial charge in [0.2, 0.25) is 9.84 Å². The Morgan fingerprint density at radius 2 is 1.76 bits per heavy atom. The van der Waals surface area contributed by atoms with E-state index in [2.05, 4.69) is 5.32 Å². The molecule has 1 aromatic heterocycles. The molecule has 1 amide bonds. The molecule has 2 aromatic carbocycles. The van der Waals surface area contributed by atoms with E-state index in [-0.39, 0.29) is 15.0 Å². The van der Waals surface area contributed by atoms with E-state index >= 15 is 0 Å². The highest BCUT2D eigenvalue weighted by Crippen LogP contribution is 2.28. The quantitative estimate of drug-likeness (QED) is 0.650. The molecule has 3 aromatic rings. The summed E-state index contributed by atoms with van der Waals surface area (Å²) in [4.78, 5) is 14.0. The van der Waals surface area contributed by atoms with Crippen molar-refractivity contribution in [1.29, 1.82) is 0 Å². The second-order valence-corrected chi connectivity index (χ2v) is 9.26. The van der Waals surface area contributed by atoms with Gasteiger partial charge in [-0.1, -0.05) is 24.3 Å². The number of carbonyl (C=O) groups excluding carboxylic acids is 1. The molecule has 128 valence electrons. The van der Waals surface area contributed by atoms with Crippen LogP contribution in [0.15, 0.2) is 80.7 Å². The van der Waals surface area contributed by atoms with Crippen LogP contribution in [0.4, 0.5) is 5.69 Å². The number of anilines is 1. The maximum atomic E-state index is 12.6. The zero-order valence-corrected chi connectivity index (χ0v) is 15.7. The van der Waals surface area contributed by atoms with E-state index in [9.17, 15) is 13.2 Å². The second kappa shape index (κ2) is 7.43.